The predicted octanol–water partition coefficient (Wildman–Crippen LogP) is 5.27. The zero-order valence-electron chi connectivity index (χ0n) is 20.7. The second-order valence-corrected chi connectivity index (χ2v) is 9.72. The third kappa shape index (κ3) is 6.26. The number of nitrogens with zero attached hydrogens (tertiary/aromatic N) is 2. The van der Waals surface area contributed by atoms with Crippen molar-refractivity contribution in [3.63, 3.8) is 0 Å². The number of β-amino-alcohol motifs (C(OH)–C–C–N with tert-alkyl or cyclic N) is 1. The predicted molar refractivity (Wildman–Crippen MR) is 140 cm³/mol. The third-order valence-corrected chi connectivity index (χ3v) is 6.69. The zero-order valence-corrected chi connectivity index (χ0v) is 20.7. The molecule has 0 saturated carbocycles. The molecule has 0 unspecified atom stereocenters. The van der Waals surface area contributed by atoms with Gasteiger partial charge in [-0.2, -0.15) is 0 Å². The van der Waals surface area contributed by atoms with E-state index in [0.717, 1.165) is 31.9 Å². The Balaban J connectivity index is 1.33. The topological polar surface area (TPSA) is 35.9 Å². The Morgan fingerprint density at radius 3 is 1.97 bits per heavy atom. The Morgan fingerprint density at radius 1 is 0.824 bits per heavy atom. The molecule has 1 heterocycles. The van der Waals surface area contributed by atoms with Gasteiger partial charge in [-0.05, 0) is 41.2 Å². The maximum atomic E-state index is 10.7. The van der Waals surface area contributed by atoms with E-state index in [1.807, 2.05) is 0 Å². The van der Waals surface area contributed by atoms with Crippen LogP contribution in [0.4, 0.5) is 0 Å². The second-order valence-electron chi connectivity index (χ2n) is 9.72. The van der Waals surface area contributed by atoms with Gasteiger partial charge in [0.15, 0.2) is 0 Å². The maximum absolute atomic E-state index is 10.7. The Hall–Kier alpha value is -2.66. The van der Waals surface area contributed by atoms with Crippen LogP contribution in [0.1, 0.15) is 48.1 Å². The summed E-state index contributed by atoms with van der Waals surface area (Å²) in [6.07, 6.45) is -0.508. The molecule has 0 spiro atoms. The van der Waals surface area contributed by atoms with E-state index in [9.17, 15) is 5.11 Å². The van der Waals surface area contributed by atoms with E-state index < -0.39 is 6.10 Å². The molecule has 0 radical (unpaired) electrons. The number of piperazine rings is 1. The van der Waals surface area contributed by atoms with Crippen molar-refractivity contribution in [3.8, 4) is 5.75 Å². The number of aryl methyl sites for hydroxylation is 1. The molecule has 1 N–H and O–H groups in total. The van der Waals surface area contributed by atoms with Crippen LogP contribution in [0.2, 0.25) is 0 Å². The van der Waals surface area contributed by atoms with Crippen LogP contribution in [-0.4, -0.2) is 60.3 Å². The van der Waals surface area contributed by atoms with Gasteiger partial charge in [0.2, 0.25) is 0 Å². The largest absolute Gasteiger partial charge is 0.491 e. The highest BCUT2D eigenvalue weighted by molar-refractivity contribution is 5.39. The summed E-state index contributed by atoms with van der Waals surface area (Å²) >= 11 is 0. The molecule has 1 atom stereocenters. The van der Waals surface area contributed by atoms with E-state index in [1.165, 1.54) is 22.3 Å². The third-order valence-electron chi connectivity index (χ3n) is 6.69. The average molecular weight is 459 g/mol. The minimum atomic E-state index is -0.508. The lowest BCUT2D eigenvalue weighted by molar-refractivity contribution is 0.0398. The Morgan fingerprint density at radius 2 is 1.41 bits per heavy atom. The van der Waals surface area contributed by atoms with E-state index in [1.54, 1.807) is 0 Å². The number of aliphatic hydroxyl groups is 1. The normalized spacial score (nSPS) is 16.2. The van der Waals surface area contributed by atoms with Gasteiger partial charge in [0, 0.05) is 32.7 Å². The molecule has 1 saturated heterocycles. The molecule has 0 bridgehead atoms. The average Bonchev–Trinajstić information content (AvgIpc) is 2.85. The number of hydrogen-bond donors (Lipinski definition) is 1. The molecule has 1 aliphatic rings. The van der Waals surface area contributed by atoms with Crippen molar-refractivity contribution in [2.45, 2.75) is 38.8 Å². The van der Waals surface area contributed by atoms with Gasteiger partial charge in [0.1, 0.15) is 18.5 Å². The molecule has 4 nitrogen and oxygen atoms in total. The van der Waals surface area contributed by atoms with Crippen LogP contribution in [0.25, 0.3) is 0 Å². The van der Waals surface area contributed by atoms with Crippen molar-refractivity contribution in [2.75, 3.05) is 39.3 Å². The maximum Gasteiger partial charge on any atom is 0.123 e. The minimum absolute atomic E-state index is 0.258. The Labute approximate surface area is 204 Å². The molecule has 0 aliphatic carbocycles. The zero-order chi connectivity index (χ0) is 23.9. The first-order valence-electron chi connectivity index (χ1n) is 12.5. The molecule has 1 aliphatic heterocycles. The summed E-state index contributed by atoms with van der Waals surface area (Å²) in [5, 5.41) is 10.7. The molecule has 1 fully saturated rings. The lowest BCUT2D eigenvalue weighted by Gasteiger charge is -2.40. The summed E-state index contributed by atoms with van der Waals surface area (Å²) in [6.45, 7) is 11.2. The van der Waals surface area contributed by atoms with Gasteiger partial charge in [-0.3, -0.25) is 9.80 Å². The van der Waals surface area contributed by atoms with Gasteiger partial charge in [0.05, 0.1) is 6.04 Å². The van der Waals surface area contributed by atoms with Crippen molar-refractivity contribution in [1.29, 1.82) is 0 Å². The van der Waals surface area contributed by atoms with E-state index in [2.05, 4.69) is 109 Å². The molecule has 0 amide bonds. The van der Waals surface area contributed by atoms with Crippen molar-refractivity contribution in [2.24, 2.45) is 0 Å². The molecular formula is C30H38N2O2. The first-order chi connectivity index (χ1) is 16.5. The van der Waals surface area contributed by atoms with Crippen LogP contribution in [-0.2, 0) is 0 Å². The number of aliphatic hydroxyl groups excluding tert-OH is 1. The van der Waals surface area contributed by atoms with E-state index in [4.69, 9.17) is 4.74 Å². The van der Waals surface area contributed by atoms with Crippen molar-refractivity contribution in [1.82, 2.24) is 9.80 Å². The number of hydrogen-bond acceptors (Lipinski definition) is 4. The fourth-order valence-corrected chi connectivity index (χ4v) is 4.87. The molecule has 180 valence electrons. The molecule has 4 heteroatoms. The summed E-state index contributed by atoms with van der Waals surface area (Å²) in [6, 6.07) is 28.1. The van der Waals surface area contributed by atoms with E-state index in [0.29, 0.717) is 19.1 Å². The van der Waals surface area contributed by atoms with Crippen LogP contribution in [0.5, 0.6) is 5.75 Å². The number of rotatable bonds is 9. The fourth-order valence-electron chi connectivity index (χ4n) is 4.87. The molecule has 34 heavy (non-hydrogen) atoms. The van der Waals surface area contributed by atoms with E-state index in [-0.39, 0.29) is 6.04 Å². The summed E-state index contributed by atoms with van der Waals surface area (Å²) in [7, 11) is 0. The van der Waals surface area contributed by atoms with E-state index >= 15 is 0 Å². The Bertz CT molecular complexity index is 975. The van der Waals surface area contributed by atoms with Gasteiger partial charge >= 0.3 is 0 Å². The smallest absolute Gasteiger partial charge is 0.123 e. The standard InChI is InChI=1S/C30H38N2O2/c1-23(2)28-15-14-24(3)20-29(28)34-22-27(33)21-31-16-18-32(19-17-31)30(25-10-6-4-7-11-25)26-12-8-5-9-13-26/h4-15,20,23,27,30,33H,16-19,21-22H2,1-3H3/t27-/m0/s1. The first-order valence-corrected chi connectivity index (χ1v) is 12.5. The Kier molecular flexibility index (Phi) is 8.39. The van der Waals surface area contributed by atoms with Crippen molar-refractivity contribution >= 4 is 0 Å². The van der Waals surface area contributed by atoms with Crippen LogP contribution < -0.4 is 4.74 Å². The molecule has 3 aromatic carbocycles. The van der Waals surface area contributed by atoms with Gasteiger partial charge in [-0.1, -0.05) is 86.6 Å². The lowest BCUT2D eigenvalue weighted by atomic mass is 9.96. The highest BCUT2D eigenvalue weighted by Crippen LogP contribution is 2.30. The second kappa shape index (κ2) is 11.7. The summed E-state index contributed by atoms with van der Waals surface area (Å²) < 4.78 is 6.07. The highest BCUT2D eigenvalue weighted by atomic mass is 16.5. The minimum Gasteiger partial charge on any atom is -0.491 e. The summed E-state index contributed by atoms with van der Waals surface area (Å²) in [5.74, 6) is 1.29. The molecule has 3 aromatic rings. The SMILES string of the molecule is Cc1ccc(C(C)C)c(OC[C@@H](O)CN2CCN(C(c3ccccc3)c3ccccc3)CC2)c1. The number of benzene rings is 3. The monoisotopic (exact) mass is 458 g/mol. The fraction of sp³-hybridized carbons (Fsp3) is 0.400. The van der Waals surface area contributed by atoms with Crippen LogP contribution in [0, 0.1) is 6.92 Å². The first kappa shape index (κ1) is 24.5. The molecular weight excluding hydrogens is 420 g/mol. The number of ether oxygens (including phenoxy) is 1. The van der Waals surface area contributed by atoms with Crippen molar-refractivity contribution in [3.05, 3.63) is 101 Å². The molecule has 4 rings (SSSR count). The van der Waals surface area contributed by atoms with Crippen molar-refractivity contribution < 1.29 is 9.84 Å². The van der Waals surface area contributed by atoms with Gasteiger partial charge in [0.25, 0.3) is 0 Å². The van der Waals surface area contributed by atoms with Gasteiger partial charge < -0.3 is 9.84 Å². The van der Waals surface area contributed by atoms with Gasteiger partial charge in [-0.25, -0.2) is 0 Å². The summed E-state index contributed by atoms with van der Waals surface area (Å²) in [4.78, 5) is 4.92. The van der Waals surface area contributed by atoms with Crippen LogP contribution in [0.15, 0.2) is 78.9 Å². The quantitative estimate of drug-likeness (QED) is 0.474. The van der Waals surface area contributed by atoms with Crippen LogP contribution >= 0.6 is 0 Å². The lowest BCUT2D eigenvalue weighted by Crippen LogP contribution is -2.50. The molecule has 0 aromatic heterocycles. The van der Waals surface area contributed by atoms with Crippen LogP contribution in [0.3, 0.4) is 0 Å². The summed E-state index contributed by atoms with van der Waals surface area (Å²) in [5.41, 5.74) is 5.03. The van der Waals surface area contributed by atoms with Gasteiger partial charge in [-0.15, -0.1) is 0 Å². The highest BCUT2D eigenvalue weighted by Gasteiger charge is 2.27.